The summed E-state index contributed by atoms with van der Waals surface area (Å²) in [6.45, 7) is 5.62. The zero-order valence-corrected chi connectivity index (χ0v) is 22.9. The van der Waals surface area contributed by atoms with Crippen LogP contribution in [0.2, 0.25) is 5.02 Å². The molecule has 1 heterocycles. The van der Waals surface area contributed by atoms with E-state index in [1.165, 1.54) is 23.4 Å². The van der Waals surface area contributed by atoms with Crippen LogP contribution in [0, 0.1) is 5.82 Å². The van der Waals surface area contributed by atoms with Crippen molar-refractivity contribution in [2.24, 2.45) is 0 Å². The Morgan fingerprint density at radius 2 is 1.77 bits per heavy atom. The maximum atomic E-state index is 13.2. The minimum absolute atomic E-state index is 0.00538. The predicted octanol–water partition coefficient (Wildman–Crippen LogP) is 5.71. The second kappa shape index (κ2) is 12.7. The number of imidazole rings is 1. The first kappa shape index (κ1) is 29.5. The van der Waals surface area contributed by atoms with E-state index in [1.54, 1.807) is 52.1 Å². The average molecular weight is 557 g/mol. The number of halogens is 2. The topological polar surface area (TPSA) is 121 Å². The van der Waals surface area contributed by atoms with E-state index in [1.807, 2.05) is 0 Å². The zero-order chi connectivity index (χ0) is 28.7. The van der Waals surface area contributed by atoms with Crippen molar-refractivity contribution in [3.8, 4) is 0 Å². The molecule has 11 heteroatoms. The number of amides is 2. The number of nitrogens with one attached hydrogen (secondary N) is 2. The second-order valence-electron chi connectivity index (χ2n) is 9.93. The Morgan fingerprint density at radius 3 is 2.41 bits per heavy atom. The van der Waals surface area contributed by atoms with E-state index in [0.717, 1.165) is 6.07 Å². The van der Waals surface area contributed by atoms with Gasteiger partial charge in [-0.25, -0.2) is 14.2 Å². The van der Waals surface area contributed by atoms with Crippen molar-refractivity contribution >= 4 is 40.9 Å². The van der Waals surface area contributed by atoms with Gasteiger partial charge >= 0.3 is 6.09 Å². The quantitative estimate of drug-likeness (QED) is 0.308. The van der Waals surface area contributed by atoms with Gasteiger partial charge in [-0.2, -0.15) is 0 Å². The van der Waals surface area contributed by atoms with Gasteiger partial charge in [0.25, 0.3) is 5.91 Å². The summed E-state index contributed by atoms with van der Waals surface area (Å²) in [6, 6.07) is 10.2. The van der Waals surface area contributed by atoms with E-state index in [2.05, 4.69) is 15.3 Å². The largest absolute Gasteiger partial charge is 0.444 e. The highest BCUT2D eigenvalue weighted by Crippen LogP contribution is 2.20. The van der Waals surface area contributed by atoms with Crippen molar-refractivity contribution in [2.75, 3.05) is 18.9 Å². The van der Waals surface area contributed by atoms with Gasteiger partial charge in [0.05, 0.1) is 11.3 Å². The number of Topliss-reactive ketones (excluding diaryl/α,β-unsaturated/α-hetero) is 2. The molecule has 0 aliphatic heterocycles. The summed E-state index contributed by atoms with van der Waals surface area (Å²) in [5.41, 5.74) is 0.754. The number of benzene rings is 2. The summed E-state index contributed by atoms with van der Waals surface area (Å²) in [5, 5.41) is 2.74. The smallest absolute Gasteiger partial charge is 0.410 e. The maximum Gasteiger partial charge on any atom is 0.410 e. The standard InChI is InChI=1S/C28H30ClFN4O5/c1-28(2,3)39-27(38)34(4)13-5-6-22(35)24-25(32-16-31-24)26(37)33-19-10-7-17(8-11-19)14-23(36)20-12-9-18(30)15-21(20)29/h7-12,15-16H,5-6,13-14H2,1-4H3,(H,31,32)(H,33,37). The Balaban J connectivity index is 1.54. The fourth-order valence-corrected chi connectivity index (χ4v) is 3.87. The lowest BCUT2D eigenvalue weighted by atomic mass is 10.0. The molecule has 0 unspecified atom stereocenters. The first-order valence-electron chi connectivity index (χ1n) is 12.2. The molecular weight excluding hydrogens is 527 g/mol. The molecule has 0 fully saturated rings. The van der Waals surface area contributed by atoms with E-state index >= 15 is 0 Å². The van der Waals surface area contributed by atoms with Gasteiger partial charge in [0, 0.05) is 37.7 Å². The van der Waals surface area contributed by atoms with Crippen LogP contribution in [0.3, 0.4) is 0 Å². The molecule has 0 aliphatic rings. The summed E-state index contributed by atoms with van der Waals surface area (Å²) in [5.74, 6) is -1.68. The molecule has 1 aromatic heterocycles. The third-order valence-corrected chi connectivity index (χ3v) is 5.85. The Morgan fingerprint density at radius 1 is 1.08 bits per heavy atom. The number of hydrogen-bond donors (Lipinski definition) is 2. The van der Waals surface area contributed by atoms with Gasteiger partial charge in [-0.05, 0) is 63.1 Å². The Hall–Kier alpha value is -4.05. The highest BCUT2D eigenvalue weighted by molar-refractivity contribution is 6.34. The summed E-state index contributed by atoms with van der Waals surface area (Å²) in [4.78, 5) is 58.2. The van der Waals surface area contributed by atoms with Crippen LogP contribution in [0.15, 0.2) is 48.8 Å². The molecule has 206 valence electrons. The minimum Gasteiger partial charge on any atom is -0.444 e. The normalized spacial score (nSPS) is 11.1. The highest BCUT2D eigenvalue weighted by Gasteiger charge is 2.22. The van der Waals surface area contributed by atoms with E-state index in [0.29, 0.717) is 24.2 Å². The number of anilines is 1. The summed E-state index contributed by atoms with van der Waals surface area (Å²) >= 11 is 5.97. The zero-order valence-electron chi connectivity index (χ0n) is 22.1. The van der Waals surface area contributed by atoms with Gasteiger partial charge in [0.15, 0.2) is 11.6 Å². The fraction of sp³-hybridized carbons (Fsp3) is 0.321. The number of H-pyrrole nitrogens is 1. The van der Waals surface area contributed by atoms with Crippen LogP contribution in [-0.4, -0.2) is 57.6 Å². The number of rotatable bonds is 10. The van der Waals surface area contributed by atoms with E-state index < -0.39 is 23.4 Å². The van der Waals surface area contributed by atoms with Crippen molar-refractivity contribution in [3.05, 3.63) is 82.1 Å². The molecule has 0 saturated carbocycles. The van der Waals surface area contributed by atoms with Crippen LogP contribution >= 0.6 is 11.6 Å². The molecule has 3 aromatic rings. The van der Waals surface area contributed by atoms with Crippen molar-refractivity contribution in [3.63, 3.8) is 0 Å². The third-order valence-electron chi connectivity index (χ3n) is 5.54. The Labute approximate surface area is 230 Å². The lowest BCUT2D eigenvalue weighted by Crippen LogP contribution is -2.34. The summed E-state index contributed by atoms with van der Waals surface area (Å²) in [6.07, 6.45) is 1.28. The molecule has 39 heavy (non-hydrogen) atoms. The van der Waals surface area contributed by atoms with Gasteiger partial charge in [-0.15, -0.1) is 0 Å². The van der Waals surface area contributed by atoms with Crippen LogP contribution in [0.5, 0.6) is 0 Å². The van der Waals surface area contributed by atoms with Crippen LogP contribution in [0.4, 0.5) is 14.9 Å². The molecule has 3 rings (SSSR count). The van der Waals surface area contributed by atoms with Gasteiger partial charge < -0.3 is 19.9 Å². The monoisotopic (exact) mass is 556 g/mol. The summed E-state index contributed by atoms with van der Waals surface area (Å²) in [7, 11) is 1.59. The number of ketones is 2. The number of hydrogen-bond acceptors (Lipinski definition) is 6. The third kappa shape index (κ3) is 8.47. The number of carbonyl (C=O) groups excluding carboxylic acids is 4. The van der Waals surface area contributed by atoms with E-state index in [-0.39, 0.29) is 46.4 Å². The van der Waals surface area contributed by atoms with Gasteiger partial charge in [0.1, 0.15) is 22.8 Å². The van der Waals surface area contributed by atoms with E-state index in [4.69, 9.17) is 16.3 Å². The average Bonchev–Trinajstić information content (AvgIpc) is 3.34. The predicted molar refractivity (Wildman–Crippen MR) is 145 cm³/mol. The molecule has 0 spiro atoms. The number of carbonyl (C=O) groups is 4. The molecular formula is C28H30ClFN4O5. The first-order valence-corrected chi connectivity index (χ1v) is 12.6. The number of nitrogens with zero attached hydrogens (tertiary/aromatic N) is 2. The Kier molecular flexibility index (Phi) is 9.58. The minimum atomic E-state index is -0.617. The van der Waals surface area contributed by atoms with Gasteiger partial charge in [-0.3, -0.25) is 14.4 Å². The van der Waals surface area contributed by atoms with Crippen LogP contribution < -0.4 is 5.32 Å². The molecule has 0 aliphatic carbocycles. The molecule has 0 saturated heterocycles. The van der Waals surface area contributed by atoms with Crippen LogP contribution in [-0.2, 0) is 11.2 Å². The molecule has 9 nitrogen and oxygen atoms in total. The molecule has 0 atom stereocenters. The molecule has 0 bridgehead atoms. The first-order chi connectivity index (χ1) is 18.3. The molecule has 2 N–H and O–H groups in total. The number of ether oxygens (including phenoxy) is 1. The molecule has 0 radical (unpaired) electrons. The van der Waals surface area contributed by atoms with Crippen molar-refractivity contribution < 1.29 is 28.3 Å². The maximum absolute atomic E-state index is 13.2. The lowest BCUT2D eigenvalue weighted by molar-refractivity contribution is 0.0295. The molecule has 2 amide bonds. The number of aromatic amines is 1. The fourth-order valence-electron chi connectivity index (χ4n) is 3.60. The van der Waals surface area contributed by atoms with Crippen LogP contribution in [0.1, 0.15) is 70.5 Å². The summed E-state index contributed by atoms with van der Waals surface area (Å²) < 4.78 is 18.5. The van der Waals surface area contributed by atoms with Crippen molar-refractivity contribution in [1.82, 2.24) is 14.9 Å². The highest BCUT2D eigenvalue weighted by atomic mass is 35.5. The lowest BCUT2D eigenvalue weighted by Gasteiger charge is -2.24. The van der Waals surface area contributed by atoms with Gasteiger partial charge in [0.2, 0.25) is 0 Å². The van der Waals surface area contributed by atoms with Crippen molar-refractivity contribution in [2.45, 2.75) is 45.6 Å². The van der Waals surface area contributed by atoms with Gasteiger partial charge in [-0.1, -0.05) is 23.7 Å². The van der Waals surface area contributed by atoms with Crippen molar-refractivity contribution in [1.29, 1.82) is 0 Å². The van der Waals surface area contributed by atoms with E-state index in [9.17, 15) is 23.6 Å². The number of aromatic nitrogens is 2. The Bertz CT molecular complexity index is 1370. The SMILES string of the molecule is CN(CCCC(=O)c1nc[nH]c1C(=O)Nc1ccc(CC(=O)c2ccc(F)cc2Cl)cc1)C(=O)OC(C)(C)C. The second-order valence-corrected chi connectivity index (χ2v) is 10.3. The molecule has 2 aromatic carbocycles. The van der Waals surface area contributed by atoms with Crippen LogP contribution in [0.25, 0.3) is 0 Å².